The second kappa shape index (κ2) is 10.9. The molecule has 7 nitrogen and oxygen atoms in total. The van der Waals surface area contributed by atoms with E-state index in [0.717, 1.165) is 31.5 Å². The highest BCUT2D eigenvalue weighted by Gasteiger charge is 2.24. The summed E-state index contributed by atoms with van der Waals surface area (Å²) in [5, 5.41) is 14.4. The summed E-state index contributed by atoms with van der Waals surface area (Å²) in [7, 11) is 0. The number of fused-ring (bicyclic) bond motifs is 1. The third-order valence-electron chi connectivity index (χ3n) is 6.26. The Kier molecular flexibility index (Phi) is 7.38. The molecule has 0 spiro atoms. The second-order valence-electron chi connectivity index (χ2n) is 9.30. The van der Waals surface area contributed by atoms with Crippen LogP contribution in [-0.2, 0) is 0 Å². The minimum atomic E-state index is -0.463. The van der Waals surface area contributed by atoms with Crippen molar-refractivity contribution in [2.24, 2.45) is 0 Å². The topological polar surface area (TPSA) is 83.3 Å². The number of nitrogens with one attached hydrogen (secondary N) is 3. The molecule has 37 heavy (non-hydrogen) atoms. The van der Waals surface area contributed by atoms with E-state index in [9.17, 15) is 9.18 Å². The van der Waals surface area contributed by atoms with Gasteiger partial charge in [0.1, 0.15) is 10.8 Å². The summed E-state index contributed by atoms with van der Waals surface area (Å²) in [4.78, 5) is 17.3. The Morgan fingerprint density at radius 1 is 1.11 bits per heavy atom. The number of anilines is 3. The van der Waals surface area contributed by atoms with Crippen molar-refractivity contribution in [3.05, 3.63) is 77.5 Å². The van der Waals surface area contributed by atoms with Gasteiger partial charge in [-0.05, 0) is 74.3 Å². The summed E-state index contributed by atoms with van der Waals surface area (Å²) in [6.07, 6.45) is 3.63. The Hall–Kier alpha value is -3.50. The first-order valence-corrected chi connectivity index (χ1v) is 13.2. The van der Waals surface area contributed by atoms with Crippen molar-refractivity contribution < 1.29 is 13.6 Å². The van der Waals surface area contributed by atoms with Crippen LogP contribution in [0.2, 0.25) is 0 Å². The fraction of sp³-hybridized carbons (Fsp3) is 0.296. The van der Waals surface area contributed by atoms with Crippen LogP contribution >= 0.6 is 11.8 Å². The number of benzene rings is 2. The molecule has 0 unspecified atom stereocenters. The van der Waals surface area contributed by atoms with Gasteiger partial charge in [0.05, 0.1) is 6.20 Å². The lowest BCUT2D eigenvalue weighted by atomic mass is 10.1. The molecule has 0 saturated carbocycles. The molecule has 0 aliphatic carbocycles. The molecule has 0 bridgehead atoms. The quantitative estimate of drug-likeness (QED) is 0.259. The Labute approximate surface area is 218 Å². The lowest BCUT2D eigenvalue weighted by Crippen LogP contribution is -2.29. The molecule has 0 radical (unpaired) electrons. The van der Waals surface area contributed by atoms with Crippen LogP contribution in [0.3, 0.4) is 0 Å². The Morgan fingerprint density at radius 2 is 1.84 bits per heavy atom. The number of amides is 1. The van der Waals surface area contributed by atoms with E-state index in [1.54, 1.807) is 30.5 Å². The van der Waals surface area contributed by atoms with Crippen LogP contribution in [0.5, 0.6) is 0 Å². The van der Waals surface area contributed by atoms with E-state index in [4.69, 9.17) is 4.98 Å². The third kappa shape index (κ3) is 5.60. The summed E-state index contributed by atoms with van der Waals surface area (Å²) in [5.74, 6) is -0.884. The molecule has 2 aromatic heterocycles. The number of carbonyl (C=O) groups excluding carboxylic acids is 1. The highest BCUT2D eigenvalue weighted by Crippen LogP contribution is 2.35. The van der Waals surface area contributed by atoms with Gasteiger partial charge in [-0.3, -0.25) is 4.79 Å². The number of thioether (sulfide) groups is 1. The summed E-state index contributed by atoms with van der Waals surface area (Å²) in [6, 6.07) is 12.3. The zero-order valence-electron chi connectivity index (χ0n) is 20.6. The lowest BCUT2D eigenvalue weighted by Gasteiger charge is -2.22. The van der Waals surface area contributed by atoms with E-state index < -0.39 is 11.6 Å². The van der Waals surface area contributed by atoms with Crippen LogP contribution in [0.1, 0.15) is 48.5 Å². The summed E-state index contributed by atoms with van der Waals surface area (Å²) in [5.41, 5.74) is 2.98. The predicted molar refractivity (Wildman–Crippen MR) is 143 cm³/mol. The van der Waals surface area contributed by atoms with Gasteiger partial charge in [0, 0.05) is 27.8 Å². The average molecular weight is 523 g/mol. The summed E-state index contributed by atoms with van der Waals surface area (Å²) in [6.45, 7) is 5.93. The Bertz CT molecular complexity index is 1420. The highest BCUT2D eigenvalue weighted by atomic mass is 32.2. The molecule has 3 N–H and O–H groups in total. The maximum absolute atomic E-state index is 15.9. The second-order valence-corrected chi connectivity index (χ2v) is 10.6. The monoisotopic (exact) mass is 522 g/mol. The number of rotatable bonds is 7. The van der Waals surface area contributed by atoms with Crippen LogP contribution in [0.4, 0.5) is 26.0 Å². The van der Waals surface area contributed by atoms with Crippen LogP contribution in [-0.4, -0.2) is 38.8 Å². The van der Waals surface area contributed by atoms with Crippen molar-refractivity contribution in [3.8, 4) is 0 Å². The normalized spacial score (nSPS) is 14.3. The van der Waals surface area contributed by atoms with Gasteiger partial charge < -0.3 is 16.0 Å². The van der Waals surface area contributed by atoms with Gasteiger partial charge in [0.25, 0.3) is 5.91 Å². The Morgan fingerprint density at radius 3 is 2.57 bits per heavy atom. The van der Waals surface area contributed by atoms with Gasteiger partial charge in [-0.1, -0.05) is 31.7 Å². The maximum atomic E-state index is 15.9. The van der Waals surface area contributed by atoms with Gasteiger partial charge >= 0.3 is 0 Å². The van der Waals surface area contributed by atoms with Crippen LogP contribution in [0, 0.1) is 11.6 Å². The van der Waals surface area contributed by atoms with Crippen molar-refractivity contribution >= 4 is 40.5 Å². The molecular formula is C27H28F2N6OS. The molecular weight excluding hydrogens is 494 g/mol. The predicted octanol–water partition coefficient (Wildman–Crippen LogP) is 5.97. The minimum Gasteiger partial charge on any atom is -0.338 e. The Balaban J connectivity index is 1.46. The van der Waals surface area contributed by atoms with Crippen molar-refractivity contribution in [2.45, 2.75) is 42.9 Å². The van der Waals surface area contributed by atoms with E-state index in [1.165, 1.54) is 40.5 Å². The van der Waals surface area contributed by atoms with Crippen molar-refractivity contribution in [2.75, 3.05) is 23.7 Å². The fourth-order valence-corrected chi connectivity index (χ4v) is 5.38. The summed E-state index contributed by atoms with van der Waals surface area (Å²) < 4.78 is 30.6. The van der Waals surface area contributed by atoms with Crippen LogP contribution < -0.4 is 16.0 Å². The molecule has 4 aromatic rings. The molecule has 2 aromatic carbocycles. The van der Waals surface area contributed by atoms with E-state index in [1.807, 2.05) is 0 Å². The number of carbonyl (C=O) groups is 1. The lowest BCUT2D eigenvalue weighted by molar-refractivity contribution is 0.102. The number of aromatic nitrogens is 3. The van der Waals surface area contributed by atoms with Crippen molar-refractivity contribution in [1.82, 2.24) is 19.9 Å². The zero-order valence-corrected chi connectivity index (χ0v) is 21.4. The van der Waals surface area contributed by atoms with Crippen LogP contribution in [0.15, 0.2) is 59.8 Å². The fourth-order valence-electron chi connectivity index (χ4n) is 4.25. The summed E-state index contributed by atoms with van der Waals surface area (Å²) >= 11 is 1.47. The van der Waals surface area contributed by atoms with E-state index in [-0.39, 0.29) is 22.9 Å². The standard InChI is InChI=1S/C27H28F2N6OS/c1-16(2)22-15-31-35-24(22)34-27(37-21-10-12-30-13-11-21)23(29)25(35)32-19-4-3-5-20(14-19)33-26(36)17-6-8-18(28)9-7-17/h3-9,14-16,21,30,32H,10-13H2,1-2H3,(H,33,36). The van der Waals surface area contributed by atoms with E-state index >= 15 is 4.39 Å². The molecule has 192 valence electrons. The molecule has 5 rings (SSSR count). The average Bonchev–Trinajstić information content (AvgIpc) is 3.32. The third-order valence-corrected chi connectivity index (χ3v) is 7.56. The van der Waals surface area contributed by atoms with Crippen molar-refractivity contribution in [3.63, 3.8) is 0 Å². The largest absolute Gasteiger partial charge is 0.338 e. The molecule has 0 atom stereocenters. The molecule has 1 saturated heterocycles. The number of halogens is 2. The number of nitrogens with zero attached hydrogens (tertiary/aromatic N) is 3. The van der Waals surface area contributed by atoms with Gasteiger partial charge in [-0.15, -0.1) is 0 Å². The van der Waals surface area contributed by atoms with Crippen molar-refractivity contribution in [1.29, 1.82) is 0 Å². The first-order chi connectivity index (χ1) is 17.9. The van der Waals surface area contributed by atoms with Crippen LogP contribution in [0.25, 0.3) is 5.65 Å². The molecule has 3 heterocycles. The smallest absolute Gasteiger partial charge is 0.255 e. The van der Waals surface area contributed by atoms with Gasteiger partial charge in [0.15, 0.2) is 17.3 Å². The first kappa shape index (κ1) is 25.2. The number of hydrogen-bond acceptors (Lipinski definition) is 6. The number of piperidine rings is 1. The van der Waals surface area contributed by atoms with Gasteiger partial charge in [0.2, 0.25) is 0 Å². The van der Waals surface area contributed by atoms with Gasteiger partial charge in [-0.25, -0.2) is 9.37 Å². The SMILES string of the molecule is CC(C)c1cnn2c(Nc3cccc(NC(=O)c4ccc(F)cc4)c3)c(F)c(SC3CCNCC3)nc12. The van der Waals surface area contributed by atoms with E-state index in [0.29, 0.717) is 27.6 Å². The zero-order chi connectivity index (χ0) is 25.9. The molecule has 10 heteroatoms. The molecule has 1 aliphatic rings. The molecule has 1 fully saturated rings. The van der Waals surface area contributed by atoms with E-state index in [2.05, 4.69) is 34.9 Å². The maximum Gasteiger partial charge on any atom is 0.255 e. The molecule has 1 aliphatic heterocycles. The van der Waals surface area contributed by atoms with Gasteiger partial charge in [-0.2, -0.15) is 14.0 Å². The number of hydrogen-bond donors (Lipinski definition) is 3. The first-order valence-electron chi connectivity index (χ1n) is 12.3. The highest BCUT2D eigenvalue weighted by molar-refractivity contribution is 7.99. The minimum absolute atomic E-state index is 0.171. The molecule has 1 amide bonds.